The Labute approximate surface area is 202 Å². The normalized spacial score (nSPS) is 26.9. The highest BCUT2D eigenvalue weighted by Crippen LogP contribution is 2.65. The van der Waals surface area contributed by atoms with Crippen LogP contribution in [0.2, 0.25) is 0 Å². The van der Waals surface area contributed by atoms with Crippen molar-refractivity contribution in [1.82, 2.24) is 20.4 Å². The molecule has 194 valence electrons. The van der Waals surface area contributed by atoms with E-state index in [9.17, 15) is 37.6 Å². The highest BCUT2D eigenvalue weighted by molar-refractivity contribution is 5.97. The van der Waals surface area contributed by atoms with Crippen molar-refractivity contribution in [3.63, 3.8) is 0 Å². The van der Waals surface area contributed by atoms with E-state index in [4.69, 9.17) is 0 Å². The molecule has 3 rings (SSSR count). The van der Waals surface area contributed by atoms with Gasteiger partial charge in [-0.15, -0.1) is 0 Å². The number of nitriles is 1. The summed E-state index contributed by atoms with van der Waals surface area (Å²) >= 11 is 0. The minimum atomic E-state index is -5.17. The fourth-order valence-electron chi connectivity index (χ4n) is 5.34. The maximum atomic E-state index is 13.5. The molecular formula is C23H32F3N5O4. The summed E-state index contributed by atoms with van der Waals surface area (Å²) in [4.78, 5) is 53.8. The van der Waals surface area contributed by atoms with Crippen molar-refractivity contribution in [2.75, 3.05) is 19.6 Å². The quantitative estimate of drug-likeness (QED) is 0.589. The summed E-state index contributed by atoms with van der Waals surface area (Å²) in [5.74, 6) is -4.63. The maximum absolute atomic E-state index is 13.5. The van der Waals surface area contributed by atoms with Gasteiger partial charge >= 0.3 is 12.1 Å². The Kier molecular flexibility index (Phi) is 6.87. The van der Waals surface area contributed by atoms with Gasteiger partial charge in [0.1, 0.15) is 12.1 Å². The van der Waals surface area contributed by atoms with Crippen LogP contribution in [0.4, 0.5) is 13.2 Å². The number of piperidine rings is 1. The summed E-state index contributed by atoms with van der Waals surface area (Å²) in [6.45, 7) is 9.51. The zero-order chi connectivity index (χ0) is 26.5. The van der Waals surface area contributed by atoms with Crippen molar-refractivity contribution in [3.8, 4) is 6.07 Å². The standard InChI is InChI=1S/C23H32F3N5O4/c1-21(2,3)16(29-20(35)23(24,25)26)19(34)31-11-12-14(22(12,4)5)15(31)17(32)28-13(10-27)18(33)30-8-6-7-9-30/h12-16H,6-9,11H2,1-5H3,(H,28,32)(H,29,35)/t12-,13?,14-,15-,16+/m0/s1. The number of nitrogens with zero attached hydrogens (tertiary/aromatic N) is 3. The zero-order valence-electron chi connectivity index (χ0n) is 20.5. The molecule has 3 aliphatic rings. The Hall–Kier alpha value is -2.84. The number of halogens is 3. The maximum Gasteiger partial charge on any atom is 0.471 e. The van der Waals surface area contributed by atoms with Crippen molar-refractivity contribution >= 4 is 23.6 Å². The van der Waals surface area contributed by atoms with E-state index in [0.29, 0.717) is 13.1 Å². The van der Waals surface area contributed by atoms with E-state index in [-0.39, 0.29) is 23.8 Å². The van der Waals surface area contributed by atoms with E-state index < -0.39 is 53.3 Å². The Bertz CT molecular complexity index is 946. The third kappa shape index (κ3) is 5.09. The number of carbonyl (C=O) groups is 4. The van der Waals surface area contributed by atoms with Gasteiger partial charge in [0.2, 0.25) is 11.8 Å². The molecule has 1 unspecified atom stereocenters. The van der Waals surface area contributed by atoms with E-state index in [2.05, 4.69) is 5.32 Å². The van der Waals surface area contributed by atoms with Gasteiger partial charge in [-0.3, -0.25) is 19.2 Å². The Morgan fingerprint density at radius 1 is 1.03 bits per heavy atom. The highest BCUT2D eigenvalue weighted by Gasteiger charge is 2.70. The Morgan fingerprint density at radius 3 is 2.09 bits per heavy atom. The number of carbonyl (C=O) groups excluding carboxylic acids is 4. The zero-order valence-corrected chi connectivity index (χ0v) is 20.5. The minimum Gasteiger partial charge on any atom is -0.340 e. The molecule has 2 N–H and O–H groups in total. The van der Waals surface area contributed by atoms with Gasteiger partial charge in [0.25, 0.3) is 5.91 Å². The van der Waals surface area contributed by atoms with Gasteiger partial charge in [0.15, 0.2) is 6.04 Å². The molecule has 2 saturated heterocycles. The largest absolute Gasteiger partial charge is 0.471 e. The lowest BCUT2D eigenvalue weighted by atomic mass is 9.85. The van der Waals surface area contributed by atoms with E-state index in [1.807, 2.05) is 19.9 Å². The Balaban J connectivity index is 1.83. The second-order valence-corrected chi connectivity index (χ2v) is 11.3. The monoisotopic (exact) mass is 499 g/mol. The number of amides is 4. The van der Waals surface area contributed by atoms with E-state index in [1.54, 1.807) is 5.32 Å². The first kappa shape index (κ1) is 26.8. The average Bonchev–Trinajstić information content (AvgIpc) is 3.21. The lowest BCUT2D eigenvalue weighted by Gasteiger charge is -2.37. The van der Waals surface area contributed by atoms with Gasteiger partial charge in [-0.05, 0) is 35.5 Å². The number of hydrogen-bond acceptors (Lipinski definition) is 5. The van der Waals surface area contributed by atoms with Crippen LogP contribution < -0.4 is 10.6 Å². The smallest absolute Gasteiger partial charge is 0.340 e. The average molecular weight is 500 g/mol. The van der Waals surface area contributed by atoms with Crippen LogP contribution in [0.25, 0.3) is 0 Å². The van der Waals surface area contributed by atoms with Gasteiger partial charge in [-0.2, -0.15) is 18.4 Å². The van der Waals surface area contributed by atoms with Crippen molar-refractivity contribution in [2.24, 2.45) is 22.7 Å². The highest BCUT2D eigenvalue weighted by atomic mass is 19.4. The van der Waals surface area contributed by atoms with Crippen LogP contribution in [0.15, 0.2) is 0 Å². The first-order valence-electron chi connectivity index (χ1n) is 11.7. The summed E-state index contributed by atoms with van der Waals surface area (Å²) in [7, 11) is 0. The van der Waals surface area contributed by atoms with Crippen molar-refractivity contribution in [1.29, 1.82) is 5.26 Å². The van der Waals surface area contributed by atoms with Gasteiger partial charge in [-0.1, -0.05) is 34.6 Å². The molecule has 3 fully saturated rings. The molecular weight excluding hydrogens is 467 g/mol. The molecule has 0 aromatic carbocycles. The molecule has 2 aliphatic heterocycles. The van der Waals surface area contributed by atoms with Crippen molar-refractivity contribution < 1.29 is 32.3 Å². The van der Waals surface area contributed by atoms with Crippen LogP contribution in [-0.4, -0.2) is 77.4 Å². The molecule has 35 heavy (non-hydrogen) atoms. The topological polar surface area (TPSA) is 123 Å². The second kappa shape index (κ2) is 8.99. The number of likely N-dealkylation sites (tertiary alicyclic amines) is 2. The van der Waals surface area contributed by atoms with Crippen molar-refractivity contribution in [2.45, 2.75) is 71.8 Å². The predicted molar refractivity (Wildman–Crippen MR) is 117 cm³/mol. The van der Waals surface area contributed by atoms with Crippen LogP contribution in [-0.2, 0) is 19.2 Å². The third-order valence-electron chi connectivity index (χ3n) is 7.49. The molecule has 2 heterocycles. The molecule has 0 spiro atoms. The van der Waals surface area contributed by atoms with Crippen LogP contribution in [0.5, 0.6) is 0 Å². The van der Waals surface area contributed by atoms with E-state index in [1.165, 1.54) is 30.6 Å². The number of nitrogens with one attached hydrogen (secondary N) is 2. The van der Waals surface area contributed by atoms with E-state index >= 15 is 0 Å². The first-order valence-corrected chi connectivity index (χ1v) is 11.7. The fourth-order valence-corrected chi connectivity index (χ4v) is 5.34. The molecule has 0 radical (unpaired) electrons. The summed E-state index contributed by atoms with van der Waals surface area (Å²) in [5.41, 5.74) is -1.38. The summed E-state index contributed by atoms with van der Waals surface area (Å²) in [5, 5.41) is 13.8. The molecule has 0 bridgehead atoms. The van der Waals surface area contributed by atoms with Gasteiger partial charge in [-0.25, -0.2) is 0 Å². The molecule has 5 atom stereocenters. The number of rotatable bonds is 5. The van der Waals surface area contributed by atoms with Crippen LogP contribution in [0.3, 0.4) is 0 Å². The summed E-state index contributed by atoms with van der Waals surface area (Å²) < 4.78 is 38.8. The predicted octanol–water partition coefficient (Wildman–Crippen LogP) is 1.19. The minimum absolute atomic E-state index is 0.0732. The number of fused-ring (bicyclic) bond motifs is 1. The van der Waals surface area contributed by atoms with E-state index in [0.717, 1.165) is 12.8 Å². The van der Waals surface area contributed by atoms with Gasteiger partial charge in [0.05, 0.1) is 6.07 Å². The third-order valence-corrected chi connectivity index (χ3v) is 7.49. The SMILES string of the molecule is CC(C)(C)[C@H](NC(=O)C(F)(F)F)C(=O)N1C[C@H]2[C@@H]([C@H]1C(=O)NC(C#N)C(=O)N1CCCC1)C2(C)C. The molecule has 1 aliphatic carbocycles. The first-order chi connectivity index (χ1) is 16.0. The summed E-state index contributed by atoms with van der Waals surface area (Å²) in [6.07, 6.45) is -3.57. The lowest BCUT2D eigenvalue weighted by molar-refractivity contribution is -0.176. The van der Waals surface area contributed by atoms with Gasteiger partial charge in [0, 0.05) is 19.6 Å². The van der Waals surface area contributed by atoms with Crippen LogP contribution in [0, 0.1) is 34.0 Å². The molecule has 12 heteroatoms. The summed E-state index contributed by atoms with van der Waals surface area (Å²) in [6, 6.07) is -2.23. The second-order valence-electron chi connectivity index (χ2n) is 11.3. The van der Waals surface area contributed by atoms with Crippen LogP contribution >= 0.6 is 0 Å². The van der Waals surface area contributed by atoms with Gasteiger partial charge < -0.3 is 20.4 Å². The molecule has 9 nitrogen and oxygen atoms in total. The molecule has 4 amide bonds. The number of hydrogen-bond donors (Lipinski definition) is 2. The van der Waals surface area contributed by atoms with Crippen LogP contribution in [0.1, 0.15) is 47.5 Å². The molecule has 0 aromatic heterocycles. The molecule has 1 saturated carbocycles. The Morgan fingerprint density at radius 2 is 1.60 bits per heavy atom. The van der Waals surface area contributed by atoms with Crippen molar-refractivity contribution in [3.05, 3.63) is 0 Å². The fraction of sp³-hybridized carbons (Fsp3) is 0.783. The molecule has 0 aromatic rings. The number of alkyl halides is 3. The lowest BCUT2D eigenvalue weighted by Crippen LogP contribution is -2.61.